The van der Waals surface area contributed by atoms with Crippen LogP contribution in [0, 0.1) is 0 Å². The summed E-state index contributed by atoms with van der Waals surface area (Å²) in [6, 6.07) is -0.960. The first-order valence-corrected chi connectivity index (χ1v) is 6.72. The van der Waals surface area contributed by atoms with E-state index >= 15 is 0 Å². The topological polar surface area (TPSA) is 103 Å². The number of carbonyl (C=O) groups excluding carboxylic acids is 2. The molecule has 0 unspecified atom stereocenters. The largest absolute Gasteiger partial charge is 0.469 e. The van der Waals surface area contributed by atoms with Gasteiger partial charge in [-0.1, -0.05) is 6.92 Å². The fraction of sp³-hybridized carbons (Fsp3) is 0.846. The third kappa shape index (κ3) is 8.71. The van der Waals surface area contributed by atoms with Gasteiger partial charge in [-0.15, -0.1) is 0 Å². The molecule has 0 saturated carbocycles. The van der Waals surface area contributed by atoms with Crippen LogP contribution in [0.1, 0.15) is 34.1 Å². The van der Waals surface area contributed by atoms with Crippen molar-refractivity contribution in [2.75, 3.05) is 20.2 Å². The van der Waals surface area contributed by atoms with Crippen LogP contribution < -0.4 is 16.4 Å². The highest BCUT2D eigenvalue weighted by Crippen LogP contribution is 2.07. The summed E-state index contributed by atoms with van der Waals surface area (Å²) in [5, 5.41) is 5.77. The molecule has 0 fully saturated rings. The molecule has 0 rings (SSSR count). The summed E-state index contributed by atoms with van der Waals surface area (Å²) in [5.74, 6) is -0.412. The van der Waals surface area contributed by atoms with Crippen molar-refractivity contribution in [3.05, 3.63) is 0 Å². The fourth-order valence-corrected chi connectivity index (χ4v) is 1.49. The van der Waals surface area contributed by atoms with Gasteiger partial charge in [-0.3, -0.25) is 4.79 Å². The van der Waals surface area contributed by atoms with Crippen LogP contribution >= 0.6 is 0 Å². The number of ether oxygens (including phenoxy) is 2. The zero-order valence-electron chi connectivity index (χ0n) is 13.0. The van der Waals surface area contributed by atoms with Crippen LogP contribution in [0.4, 0.5) is 4.79 Å². The molecule has 0 aromatic heterocycles. The van der Waals surface area contributed by atoms with E-state index in [9.17, 15) is 9.59 Å². The Balaban J connectivity index is 4.54. The maximum atomic E-state index is 11.8. The molecule has 4 N–H and O–H groups in total. The number of esters is 1. The Hall–Kier alpha value is -1.34. The van der Waals surface area contributed by atoms with Gasteiger partial charge >= 0.3 is 12.1 Å². The predicted octanol–water partition coefficient (Wildman–Crippen LogP) is 0.380. The highest BCUT2D eigenvalue weighted by atomic mass is 16.6. The van der Waals surface area contributed by atoms with E-state index in [2.05, 4.69) is 15.4 Å². The van der Waals surface area contributed by atoms with E-state index in [1.165, 1.54) is 7.11 Å². The maximum absolute atomic E-state index is 11.8. The van der Waals surface area contributed by atoms with Crippen molar-refractivity contribution in [3.8, 4) is 0 Å². The van der Waals surface area contributed by atoms with Gasteiger partial charge in [-0.2, -0.15) is 0 Å². The van der Waals surface area contributed by atoms with Crippen LogP contribution in [0.25, 0.3) is 0 Å². The molecule has 7 heteroatoms. The lowest BCUT2D eigenvalue weighted by Gasteiger charge is -2.27. The molecule has 0 bridgehead atoms. The Morgan fingerprint density at radius 1 is 1.30 bits per heavy atom. The summed E-state index contributed by atoms with van der Waals surface area (Å²) in [7, 11) is 1.30. The summed E-state index contributed by atoms with van der Waals surface area (Å²) in [5.41, 5.74) is 5.35. The van der Waals surface area contributed by atoms with Crippen molar-refractivity contribution in [3.63, 3.8) is 0 Å². The Morgan fingerprint density at radius 3 is 2.35 bits per heavy atom. The predicted molar refractivity (Wildman–Crippen MR) is 76.3 cm³/mol. The van der Waals surface area contributed by atoms with E-state index in [1.807, 2.05) is 6.92 Å². The van der Waals surface area contributed by atoms with Crippen molar-refractivity contribution in [1.82, 2.24) is 10.6 Å². The van der Waals surface area contributed by atoms with Crippen molar-refractivity contribution in [2.24, 2.45) is 5.73 Å². The van der Waals surface area contributed by atoms with Gasteiger partial charge in [0.2, 0.25) is 0 Å². The summed E-state index contributed by atoms with van der Waals surface area (Å²) in [6.45, 7) is 8.46. The molecule has 0 heterocycles. The number of carbonyl (C=O) groups is 2. The van der Waals surface area contributed by atoms with Crippen LogP contribution in [0.15, 0.2) is 0 Å². The number of nitrogens with one attached hydrogen (secondary N) is 2. The minimum absolute atomic E-state index is 0.0301. The number of alkyl carbamates (subject to hydrolysis) is 1. The zero-order valence-corrected chi connectivity index (χ0v) is 13.0. The first kappa shape index (κ1) is 18.7. The SMILES string of the molecule is CCNC[C@H](NC(=O)OC(C)(C)C)[C@H](N)CC(=O)OC. The van der Waals surface area contributed by atoms with Gasteiger partial charge in [0, 0.05) is 12.6 Å². The summed E-state index contributed by atoms with van der Waals surface area (Å²) in [4.78, 5) is 23.0. The van der Waals surface area contributed by atoms with Gasteiger partial charge in [-0.05, 0) is 27.3 Å². The van der Waals surface area contributed by atoms with Gasteiger partial charge in [0.15, 0.2) is 0 Å². The number of rotatable bonds is 7. The second-order valence-electron chi connectivity index (χ2n) is 5.50. The number of hydrogen-bond donors (Lipinski definition) is 3. The lowest BCUT2D eigenvalue weighted by atomic mass is 10.1. The zero-order chi connectivity index (χ0) is 15.8. The molecular formula is C13H27N3O4. The van der Waals surface area contributed by atoms with Gasteiger partial charge in [0.25, 0.3) is 0 Å². The van der Waals surface area contributed by atoms with Crippen molar-refractivity contribution in [1.29, 1.82) is 0 Å². The summed E-state index contributed by atoms with van der Waals surface area (Å²) < 4.78 is 9.76. The Kier molecular flexibility index (Phi) is 8.17. The van der Waals surface area contributed by atoms with Crippen molar-refractivity contribution in [2.45, 2.75) is 51.8 Å². The summed E-state index contributed by atoms with van der Waals surface area (Å²) >= 11 is 0. The monoisotopic (exact) mass is 289 g/mol. The van der Waals surface area contributed by atoms with Crippen LogP contribution in [-0.2, 0) is 14.3 Å². The van der Waals surface area contributed by atoms with Crippen LogP contribution in [0.3, 0.4) is 0 Å². The second-order valence-corrected chi connectivity index (χ2v) is 5.50. The van der Waals surface area contributed by atoms with E-state index in [-0.39, 0.29) is 6.42 Å². The molecule has 1 amide bonds. The molecule has 118 valence electrons. The maximum Gasteiger partial charge on any atom is 0.407 e. The van der Waals surface area contributed by atoms with Gasteiger partial charge in [0.1, 0.15) is 5.60 Å². The average Bonchev–Trinajstić information content (AvgIpc) is 2.31. The first-order chi connectivity index (χ1) is 9.19. The molecule has 0 aromatic rings. The molecule has 20 heavy (non-hydrogen) atoms. The van der Waals surface area contributed by atoms with E-state index in [1.54, 1.807) is 20.8 Å². The number of amides is 1. The van der Waals surface area contributed by atoms with Gasteiger partial charge in [0.05, 0.1) is 19.6 Å². The minimum Gasteiger partial charge on any atom is -0.469 e. The molecule has 0 aliphatic carbocycles. The third-order valence-electron chi connectivity index (χ3n) is 2.46. The van der Waals surface area contributed by atoms with E-state index in [4.69, 9.17) is 10.5 Å². The normalized spacial score (nSPS) is 14.3. The molecule has 0 aromatic carbocycles. The lowest BCUT2D eigenvalue weighted by molar-refractivity contribution is -0.141. The fourth-order valence-electron chi connectivity index (χ4n) is 1.49. The van der Waals surface area contributed by atoms with Gasteiger partial charge in [-0.25, -0.2) is 4.79 Å². The Bertz CT molecular complexity index is 315. The molecule has 0 aliphatic rings. The number of hydrogen-bond acceptors (Lipinski definition) is 6. The molecule has 0 radical (unpaired) electrons. The van der Waals surface area contributed by atoms with Crippen LogP contribution in [0.5, 0.6) is 0 Å². The molecular weight excluding hydrogens is 262 g/mol. The molecule has 0 aliphatic heterocycles. The summed E-state index contributed by atoms with van der Waals surface area (Å²) in [6.07, 6.45) is -0.525. The number of methoxy groups -OCH3 is 1. The number of nitrogens with two attached hydrogens (primary N) is 1. The van der Waals surface area contributed by atoms with E-state index in [0.717, 1.165) is 6.54 Å². The van der Waals surface area contributed by atoms with E-state index < -0.39 is 29.7 Å². The Labute approximate surface area is 120 Å². The molecule has 2 atom stereocenters. The number of likely N-dealkylation sites (N-methyl/N-ethyl adjacent to an activating group) is 1. The second kappa shape index (κ2) is 8.76. The smallest absolute Gasteiger partial charge is 0.407 e. The third-order valence-corrected chi connectivity index (χ3v) is 2.46. The van der Waals surface area contributed by atoms with Crippen LogP contribution in [-0.4, -0.2) is 49.9 Å². The van der Waals surface area contributed by atoms with Gasteiger partial charge < -0.3 is 25.8 Å². The molecule has 0 spiro atoms. The molecule has 7 nitrogen and oxygen atoms in total. The van der Waals surface area contributed by atoms with E-state index in [0.29, 0.717) is 6.54 Å². The van der Waals surface area contributed by atoms with Crippen LogP contribution in [0.2, 0.25) is 0 Å². The first-order valence-electron chi connectivity index (χ1n) is 6.72. The van der Waals surface area contributed by atoms with Crippen molar-refractivity contribution >= 4 is 12.1 Å². The quantitative estimate of drug-likeness (QED) is 0.586. The standard InChI is InChI=1S/C13H27N3O4/c1-6-15-8-10(9(14)7-11(17)19-5)16-12(18)20-13(2,3)4/h9-10,15H,6-8,14H2,1-5H3,(H,16,18)/t9-,10+/m1/s1. The highest BCUT2D eigenvalue weighted by molar-refractivity contribution is 5.71. The van der Waals surface area contributed by atoms with Crippen molar-refractivity contribution < 1.29 is 19.1 Å². The Morgan fingerprint density at radius 2 is 1.90 bits per heavy atom. The molecule has 0 saturated heterocycles. The lowest BCUT2D eigenvalue weighted by Crippen LogP contribution is -2.54. The minimum atomic E-state index is -0.584. The average molecular weight is 289 g/mol. The highest BCUT2D eigenvalue weighted by Gasteiger charge is 2.25.